The van der Waals surface area contributed by atoms with Crippen molar-refractivity contribution >= 4 is 52.4 Å². The van der Waals surface area contributed by atoms with E-state index in [0.717, 1.165) is 16.8 Å². The summed E-state index contributed by atoms with van der Waals surface area (Å²) in [5, 5.41) is 16.4. The van der Waals surface area contributed by atoms with Gasteiger partial charge in [0.2, 0.25) is 5.91 Å². The standard InChI is InChI=1S/C23H22N4O6S/c1-14(28)16-4-3-5-17(10-16)26-20(29)11-19-22(32)27(23(24-2)34-19)25-12-15-6-8-18(9-7-15)33-13-21(30)31/h3-10,12,19H,11,13H2,1-2H3,(H,26,29)(H,30,31). The number of hydrogen-bond donors (Lipinski definition) is 2. The van der Waals surface area contributed by atoms with Gasteiger partial charge in [0.1, 0.15) is 11.0 Å². The number of carboxylic acid groups (broad SMARTS) is 1. The lowest BCUT2D eigenvalue weighted by atomic mass is 10.1. The van der Waals surface area contributed by atoms with Gasteiger partial charge in [-0.1, -0.05) is 23.9 Å². The fourth-order valence-electron chi connectivity index (χ4n) is 2.96. The van der Waals surface area contributed by atoms with Gasteiger partial charge in [0, 0.05) is 24.7 Å². The number of amides is 2. The van der Waals surface area contributed by atoms with E-state index in [0.29, 0.717) is 27.7 Å². The van der Waals surface area contributed by atoms with E-state index in [1.807, 2.05) is 0 Å². The van der Waals surface area contributed by atoms with E-state index >= 15 is 0 Å². The number of aliphatic imine (C=N–C) groups is 1. The Hall–Kier alpha value is -3.99. The van der Waals surface area contributed by atoms with Gasteiger partial charge in [-0.25, -0.2) is 4.79 Å². The number of aliphatic carboxylic acids is 1. The van der Waals surface area contributed by atoms with Crippen molar-refractivity contribution in [1.29, 1.82) is 0 Å². The first-order valence-corrected chi connectivity index (χ1v) is 11.0. The summed E-state index contributed by atoms with van der Waals surface area (Å²) < 4.78 is 5.08. The molecule has 0 bridgehead atoms. The van der Waals surface area contributed by atoms with Crippen LogP contribution in [0.1, 0.15) is 29.3 Å². The van der Waals surface area contributed by atoms with Crippen LogP contribution in [0, 0.1) is 0 Å². The van der Waals surface area contributed by atoms with E-state index in [1.165, 1.54) is 20.2 Å². The molecule has 10 nitrogen and oxygen atoms in total. The first kappa shape index (κ1) is 24.6. The van der Waals surface area contributed by atoms with Gasteiger partial charge in [0.15, 0.2) is 17.6 Å². The zero-order valence-electron chi connectivity index (χ0n) is 18.4. The monoisotopic (exact) mass is 482 g/mol. The number of hydrogen-bond acceptors (Lipinski definition) is 8. The maximum absolute atomic E-state index is 12.8. The predicted octanol–water partition coefficient (Wildman–Crippen LogP) is 2.65. The number of carbonyl (C=O) groups excluding carboxylic acids is 3. The average Bonchev–Trinajstić information content (AvgIpc) is 3.11. The molecular formula is C23H22N4O6S. The summed E-state index contributed by atoms with van der Waals surface area (Å²) in [5.41, 5.74) is 1.61. The zero-order valence-corrected chi connectivity index (χ0v) is 19.2. The molecule has 1 unspecified atom stereocenters. The van der Waals surface area contributed by atoms with Crippen molar-refractivity contribution in [2.24, 2.45) is 10.1 Å². The summed E-state index contributed by atoms with van der Waals surface area (Å²) in [6.07, 6.45) is 1.37. The van der Waals surface area contributed by atoms with E-state index in [4.69, 9.17) is 9.84 Å². The van der Waals surface area contributed by atoms with Crippen molar-refractivity contribution in [2.75, 3.05) is 19.0 Å². The van der Waals surface area contributed by atoms with Gasteiger partial charge >= 0.3 is 5.97 Å². The summed E-state index contributed by atoms with van der Waals surface area (Å²) in [5.74, 6) is -1.55. The number of benzene rings is 2. The van der Waals surface area contributed by atoms with Gasteiger partial charge in [0.25, 0.3) is 5.91 Å². The Bertz CT molecular complexity index is 1160. The van der Waals surface area contributed by atoms with Crippen LogP contribution >= 0.6 is 11.8 Å². The number of carbonyl (C=O) groups is 4. The highest BCUT2D eigenvalue weighted by Crippen LogP contribution is 2.30. The second-order valence-corrected chi connectivity index (χ2v) is 8.32. The fourth-order valence-corrected chi connectivity index (χ4v) is 3.99. The van der Waals surface area contributed by atoms with E-state index in [1.54, 1.807) is 48.5 Å². The lowest BCUT2D eigenvalue weighted by Gasteiger charge is -2.10. The molecule has 1 aliphatic heterocycles. The number of rotatable bonds is 9. The molecule has 2 aromatic carbocycles. The SMILES string of the molecule is CN=C1SC(CC(=O)Nc2cccc(C(C)=O)c2)C(=O)N1N=Cc1ccc(OCC(=O)O)cc1. The smallest absolute Gasteiger partial charge is 0.341 e. The van der Waals surface area contributed by atoms with Crippen LogP contribution in [-0.2, 0) is 14.4 Å². The highest BCUT2D eigenvalue weighted by Gasteiger charge is 2.39. The fraction of sp³-hybridized carbons (Fsp3) is 0.217. The summed E-state index contributed by atoms with van der Waals surface area (Å²) in [7, 11) is 1.53. The number of amidine groups is 1. The van der Waals surface area contributed by atoms with Crippen LogP contribution in [0.3, 0.4) is 0 Å². The van der Waals surface area contributed by atoms with Crippen LogP contribution in [0.25, 0.3) is 0 Å². The third kappa shape index (κ3) is 6.51. The Balaban J connectivity index is 1.62. The van der Waals surface area contributed by atoms with Crippen LogP contribution in [0.2, 0.25) is 0 Å². The number of carboxylic acids is 1. The zero-order chi connectivity index (χ0) is 24.7. The molecule has 34 heavy (non-hydrogen) atoms. The Morgan fingerprint density at radius 2 is 1.94 bits per heavy atom. The Morgan fingerprint density at radius 3 is 2.59 bits per heavy atom. The molecule has 2 N–H and O–H groups in total. The summed E-state index contributed by atoms with van der Waals surface area (Å²) in [6.45, 7) is 0.998. The van der Waals surface area contributed by atoms with Crippen molar-refractivity contribution in [3.05, 3.63) is 59.7 Å². The Morgan fingerprint density at radius 1 is 1.21 bits per heavy atom. The van der Waals surface area contributed by atoms with Crippen LogP contribution in [0.5, 0.6) is 5.75 Å². The molecule has 1 fully saturated rings. The van der Waals surface area contributed by atoms with Crippen molar-refractivity contribution in [3.63, 3.8) is 0 Å². The van der Waals surface area contributed by atoms with Gasteiger partial charge in [-0.2, -0.15) is 10.1 Å². The highest BCUT2D eigenvalue weighted by atomic mass is 32.2. The number of ether oxygens (including phenoxy) is 1. The lowest BCUT2D eigenvalue weighted by molar-refractivity contribution is -0.139. The topological polar surface area (TPSA) is 138 Å². The minimum atomic E-state index is -1.07. The molecule has 3 rings (SSSR count). The van der Waals surface area contributed by atoms with Crippen molar-refractivity contribution in [2.45, 2.75) is 18.6 Å². The summed E-state index contributed by atoms with van der Waals surface area (Å²) >= 11 is 1.14. The van der Waals surface area contributed by atoms with E-state index in [-0.39, 0.29) is 24.0 Å². The molecule has 0 aromatic heterocycles. The Kier molecular flexibility index (Phi) is 8.14. The first-order valence-electron chi connectivity index (χ1n) is 10.1. The number of nitrogens with zero attached hydrogens (tertiary/aromatic N) is 3. The number of nitrogens with one attached hydrogen (secondary N) is 1. The number of anilines is 1. The van der Waals surface area contributed by atoms with Crippen molar-refractivity contribution in [1.82, 2.24) is 5.01 Å². The minimum absolute atomic E-state index is 0.0888. The van der Waals surface area contributed by atoms with Gasteiger partial charge in [-0.3, -0.25) is 19.4 Å². The molecule has 0 spiro atoms. The lowest BCUT2D eigenvalue weighted by Crippen LogP contribution is -2.29. The van der Waals surface area contributed by atoms with Crippen LogP contribution in [-0.4, -0.2) is 64.0 Å². The molecule has 1 heterocycles. The van der Waals surface area contributed by atoms with Gasteiger partial charge in [0.05, 0.1) is 6.21 Å². The molecule has 2 aromatic rings. The Labute approximate surface area is 199 Å². The van der Waals surface area contributed by atoms with Crippen molar-refractivity contribution < 1.29 is 29.0 Å². The minimum Gasteiger partial charge on any atom is -0.482 e. The van der Waals surface area contributed by atoms with Crippen LogP contribution < -0.4 is 10.1 Å². The first-order chi connectivity index (χ1) is 16.3. The third-order valence-corrected chi connectivity index (χ3v) is 5.81. The second kappa shape index (κ2) is 11.2. The number of hydrazone groups is 1. The molecule has 0 aliphatic carbocycles. The molecule has 1 atom stereocenters. The van der Waals surface area contributed by atoms with Crippen LogP contribution in [0.4, 0.5) is 5.69 Å². The average molecular weight is 483 g/mol. The molecular weight excluding hydrogens is 460 g/mol. The summed E-state index contributed by atoms with van der Waals surface area (Å²) in [6, 6.07) is 13.1. The van der Waals surface area contributed by atoms with Gasteiger partial charge in [-0.05, 0) is 48.9 Å². The molecule has 0 radical (unpaired) electrons. The number of thioether (sulfide) groups is 1. The van der Waals surface area contributed by atoms with Crippen LogP contribution in [0.15, 0.2) is 58.6 Å². The second-order valence-electron chi connectivity index (χ2n) is 7.15. The molecule has 2 amide bonds. The third-order valence-electron chi connectivity index (χ3n) is 4.59. The maximum atomic E-state index is 12.8. The molecule has 1 saturated heterocycles. The number of Topliss-reactive ketones (excluding diaryl/α,β-unsaturated/α-hetero) is 1. The van der Waals surface area contributed by atoms with E-state index in [9.17, 15) is 19.2 Å². The van der Waals surface area contributed by atoms with E-state index < -0.39 is 17.8 Å². The van der Waals surface area contributed by atoms with E-state index in [2.05, 4.69) is 15.4 Å². The predicted molar refractivity (Wildman–Crippen MR) is 128 cm³/mol. The largest absolute Gasteiger partial charge is 0.482 e. The quantitative estimate of drug-likeness (QED) is 0.414. The summed E-state index contributed by atoms with van der Waals surface area (Å²) in [4.78, 5) is 51.5. The highest BCUT2D eigenvalue weighted by molar-refractivity contribution is 8.15. The van der Waals surface area contributed by atoms with Gasteiger partial charge < -0.3 is 15.2 Å². The van der Waals surface area contributed by atoms with Crippen molar-refractivity contribution in [3.8, 4) is 5.75 Å². The maximum Gasteiger partial charge on any atom is 0.341 e. The molecule has 1 aliphatic rings. The molecule has 0 saturated carbocycles. The molecule has 11 heteroatoms. The van der Waals surface area contributed by atoms with Gasteiger partial charge in [-0.15, -0.1) is 0 Å². The normalized spacial score (nSPS) is 16.8. The molecule has 176 valence electrons. The number of ketones is 1.